The van der Waals surface area contributed by atoms with Crippen LogP contribution in [-0.4, -0.2) is 46.0 Å². The third-order valence-electron chi connectivity index (χ3n) is 2.46. The fourth-order valence-corrected chi connectivity index (χ4v) is 2.12. The van der Waals surface area contributed by atoms with Gasteiger partial charge in [-0.2, -0.15) is 0 Å². The van der Waals surface area contributed by atoms with Gasteiger partial charge in [0.2, 0.25) is 10.0 Å². The highest BCUT2D eigenvalue weighted by Crippen LogP contribution is 2.07. The minimum atomic E-state index is -3.27. The molecule has 1 atom stereocenters. The van der Waals surface area contributed by atoms with Gasteiger partial charge in [0.05, 0.1) is 10.9 Å². The third kappa shape index (κ3) is 5.79. The second kappa shape index (κ2) is 6.54. The summed E-state index contributed by atoms with van der Waals surface area (Å²) in [6.45, 7) is 8.81. The summed E-state index contributed by atoms with van der Waals surface area (Å²) >= 11 is 0. The first kappa shape index (κ1) is 15.8. The van der Waals surface area contributed by atoms with Gasteiger partial charge in [-0.25, -0.2) is 13.1 Å². The lowest BCUT2D eigenvalue weighted by molar-refractivity contribution is 0.0276. The van der Waals surface area contributed by atoms with Gasteiger partial charge in [0.1, 0.15) is 0 Å². The highest BCUT2D eigenvalue weighted by molar-refractivity contribution is 7.90. The van der Waals surface area contributed by atoms with Gasteiger partial charge in [-0.3, -0.25) is 0 Å². The quantitative estimate of drug-likeness (QED) is 0.653. The molecule has 0 radical (unpaired) electrons. The molecular weight excluding hydrogens is 228 g/mol. The molecule has 0 spiro atoms. The maximum atomic E-state index is 11.8. The molecule has 0 aromatic heterocycles. The lowest BCUT2D eigenvalue weighted by Crippen LogP contribution is -2.45. The van der Waals surface area contributed by atoms with E-state index in [-0.39, 0.29) is 6.54 Å². The van der Waals surface area contributed by atoms with Crippen molar-refractivity contribution < 1.29 is 13.2 Å². The van der Waals surface area contributed by atoms with Crippen molar-refractivity contribution >= 4 is 10.0 Å². The smallest absolute Gasteiger partial charge is 0.215 e. The summed E-state index contributed by atoms with van der Waals surface area (Å²) < 4.78 is 31.3. The van der Waals surface area contributed by atoms with Crippen molar-refractivity contribution in [1.82, 2.24) is 10.0 Å². The van der Waals surface area contributed by atoms with Crippen LogP contribution in [0.5, 0.6) is 0 Å². The number of hydrogen-bond acceptors (Lipinski definition) is 4. The highest BCUT2D eigenvalue weighted by Gasteiger charge is 2.24. The average Bonchev–Trinajstić information content (AvgIpc) is 2.23. The Labute approximate surface area is 99.0 Å². The van der Waals surface area contributed by atoms with Gasteiger partial charge in [-0.15, -0.1) is 0 Å². The highest BCUT2D eigenvalue weighted by atomic mass is 32.2. The molecule has 2 N–H and O–H groups in total. The topological polar surface area (TPSA) is 67.4 Å². The zero-order chi connectivity index (χ0) is 12.8. The van der Waals surface area contributed by atoms with Crippen molar-refractivity contribution in [2.75, 3.05) is 26.7 Å². The summed E-state index contributed by atoms with van der Waals surface area (Å²) in [6.07, 6.45) is 0. The van der Waals surface area contributed by atoms with E-state index in [1.54, 1.807) is 14.0 Å². The van der Waals surface area contributed by atoms with Gasteiger partial charge in [0.25, 0.3) is 0 Å². The second-order valence-corrected chi connectivity index (χ2v) is 6.63. The maximum absolute atomic E-state index is 11.8. The Bertz CT molecular complexity index is 288. The van der Waals surface area contributed by atoms with E-state index in [1.807, 2.05) is 20.8 Å². The van der Waals surface area contributed by atoms with Crippen molar-refractivity contribution in [2.24, 2.45) is 0 Å². The number of nitrogens with one attached hydrogen (secondary N) is 2. The maximum Gasteiger partial charge on any atom is 0.215 e. The molecule has 0 rings (SSSR count). The lowest BCUT2D eigenvalue weighted by Gasteiger charge is -2.24. The molecule has 98 valence electrons. The van der Waals surface area contributed by atoms with Crippen LogP contribution in [0.2, 0.25) is 0 Å². The largest absolute Gasteiger partial charge is 0.377 e. The normalized spacial score (nSPS) is 15.1. The van der Waals surface area contributed by atoms with Crippen molar-refractivity contribution in [3.05, 3.63) is 0 Å². The van der Waals surface area contributed by atoms with Crippen LogP contribution in [0.15, 0.2) is 0 Å². The molecule has 0 aliphatic carbocycles. The predicted molar refractivity (Wildman–Crippen MR) is 66.0 cm³/mol. The molecule has 16 heavy (non-hydrogen) atoms. The summed E-state index contributed by atoms with van der Waals surface area (Å²) in [5, 5.41) is 2.57. The minimum Gasteiger partial charge on any atom is -0.377 e. The van der Waals surface area contributed by atoms with Crippen LogP contribution in [0.4, 0.5) is 0 Å². The SMILES string of the molecule is CCNCC(C)S(=O)(=O)NCC(C)(C)OC. The molecule has 0 saturated carbocycles. The van der Waals surface area contributed by atoms with Gasteiger partial charge < -0.3 is 10.1 Å². The van der Waals surface area contributed by atoms with Crippen molar-refractivity contribution in [1.29, 1.82) is 0 Å². The van der Waals surface area contributed by atoms with Crippen molar-refractivity contribution in [3.8, 4) is 0 Å². The summed E-state index contributed by atoms with van der Waals surface area (Å²) in [6, 6.07) is 0. The fraction of sp³-hybridized carbons (Fsp3) is 1.00. The van der Waals surface area contributed by atoms with E-state index in [1.165, 1.54) is 0 Å². The molecule has 0 aromatic rings. The summed E-state index contributed by atoms with van der Waals surface area (Å²) in [5.74, 6) is 0. The molecule has 0 aliphatic rings. The number of hydrogen-bond donors (Lipinski definition) is 2. The van der Waals surface area contributed by atoms with Gasteiger partial charge in [0.15, 0.2) is 0 Å². The van der Waals surface area contributed by atoms with Crippen molar-refractivity contribution in [2.45, 2.75) is 38.5 Å². The third-order valence-corrected chi connectivity index (χ3v) is 4.24. The van der Waals surface area contributed by atoms with E-state index < -0.39 is 20.9 Å². The molecule has 0 fully saturated rings. The second-order valence-electron chi connectivity index (χ2n) is 4.45. The van der Waals surface area contributed by atoms with Crippen LogP contribution in [0, 0.1) is 0 Å². The Kier molecular flexibility index (Phi) is 6.47. The van der Waals surface area contributed by atoms with E-state index >= 15 is 0 Å². The molecule has 0 amide bonds. The van der Waals surface area contributed by atoms with E-state index in [4.69, 9.17) is 4.74 Å². The van der Waals surface area contributed by atoms with Crippen LogP contribution < -0.4 is 10.0 Å². The summed E-state index contributed by atoms with van der Waals surface area (Å²) in [4.78, 5) is 0. The number of sulfonamides is 1. The number of rotatable bonds is 8. The lowest BCUT2D eigenvalue weighted by atomic mass is 10.1. The van der Waals surface area contributed by atoms with Gasteiger partial charge in [0, 0.05) is 20.2 Å². The van der Waals surface area contributed by atoms with Gasteiger partial charge in [-0.1, -0.05) is 6.92 Å². The Morgan fingerprint density at radius 3 is 2.38 bits per heavy atom. The summed E-state index contributed by atoms with van der Waals surface area (Å²) in [7, 11) is -1.70. The molecule has 0 heterocycles. The predicted octanol–water partition coefficient (Wildman–Crippen LogP) is 0.329. The number of methoxy groups -OCH3 is 1. The average molecular weight is 252 g/mol. The first-order chi connectivity index (χ1) is 7.25. The number of ether oxygens (including phenoxy) is 1. The van der Waals surface area contributed by atoms with Crippen LogP contribution in [0.25, 0.3) is 0 Å². The molecule has 0 bridgehead atoms. The van der Waals surface area contributed by atoms with E-state index in [0.717, 1.165) is 6.54 Å². The molecule has 1 unspecified atom stereocenters. The van der Waals surface area contributed by atoms with E-state index in [0.29, 0.717) is 6.54 Å². The van der Waals surface area contributed by atoms with E-state index in [9.17, 15) is 8.42 Å². The Hall–Kier alpha value is -0.170. The molecule has 0 saturated heterocycles. The Morgan fingerprint density at radius 2 is 1.94 bits per heavy atom. The van der Waals surface area contributed by atoms with Gasteiger partial charge >= 0.3 is 0 Å². The molecule has 0 aliphatic heterocycles. The zero-order valence-electron chi connectivity index (χ0n) is 10.8. The van der Waals surface area contributed by atoms with Crippen molar-refractivity contribution in [3.63, 3.8) is 0 Å². The monoisotopic (exact) mass is 252 g/mol. The minimum absolute atomic E-state index is 0.280. The molecular formula is C10H24N2O3S. The first-order valence-corrected chi connectivity index (χ1v) is 7.04. The summed E-state index contributed by atoms with van der Waals surface area (Å²) in [5.41, 5.74) is -0.481. The van der Waals surface area contributed by atoms with Crippen LogP contribution in [0.3, 0.4) is 0 Å². The zero-order valence-corrected chi connectivity index (χ0v) is 11.6. The van der Waals surface area contributed by atoms with Crippen LogP contribution in [-0.2, 0) is 14.8 Å². The first-order valence-electron chi connectivity index (χ1n) is 5.49. The van der Waals surface area contributed by atoms with Crippen LogP contribution in [0.1, 0.15) is 27.7 Å². The Morgan fingerprint density at radius 1 is 1.38 bits per heavy atom. The molecule has 5 nitrogen and oxygen atoms in total. The van der Waals surface area contributed by atoms with E-state index in [2.05, 4.69) is 10.0 Å². The molecule has 0 aromatic carbocycles. The van der Waals surface area contributed by atoms with Crippen LogP contribution >= 0.6 is 0 Å². The standard InChI is InChI=1S/C10H24N2O3S/c1-6-11-7-9(2)16(13,14)12-8-10(3,4)15-5/h9,11-12H,6-8H2,1-5H3. The fourth-order valence-electron chi connectivity index (χ4n) is 0.946. The van der Waals surface area contributed by atoms with Gasteiger partial charge in [-0.05, 0) is 27.3 Å². The Balaban J connectivity index is 4.24. The molecule has 6 heteroatoms.